The smallest absolute Gasteiger partial charge is 0.283 e. The number of halogens is 1. The average Bonchev–Trinajstić information content (AvgIpc) is 3.09. The van der Waals surface area contributed by atoms with E-state index in [1.807, 2.05) is 44.2 Å². The summed E-state index contributed by atoms with van der Waals surface area (Å²) in [6.07, 6.45) is 0.410. The Labute approximate surface area is 228 Å². The number of hydrogen-bond acceptors (Lipinski definition) is 6. The number of nitrogens with one attached hydrogen (secondary N) is 2. The van der Waals surface area contributed by atoms with Gasteiger partial charge in [0, 0.05) is 27.2 Å². The lowest BCUT2D eigenvalue weighted by Gasteiger charge is -2.15. The summed E-state index contributed by atoms with van der Waals surface area (Å²) < 4.78 is 6.10. The summed E-state index contributed by atoms with van der Waals surface area (Å²) in [5.74, 6) is -0.112. The van der Waals surface area contributed by atoms with Crippen molar-refractivity contribution in [2.45, 2.75) is 25.2 Å². The molecule has 1 aliphatic rings. The summed E-state index contributed by atoms with van der Waals surface area (Å²) in [6.45, 7) is 3.96. The minimum Gasteiger partial charge on any atom is -0.497 e. The van der Waals surface area contributed by atoms with Crippen molar-refractivity contribution >= 4 is 62.5 Å². The Balaban J connectivity index is 1.66. The van der Waals surface area contributed by atoms with Crippen LogP contribution < -0.4 is 20.3 Å². The van der Waals surface area contributed by atoms with E-state index in [2.05, 4.69) is 26.6 Å². The van der Waals surface area contributed by atoms with Gasteiger partial charge in [0.1, 0.15) is 16.4 Å². The fourth-order valence-corrected chi connectivity index (χ4v) is 4.95. The van der Waals surface area contributed by atoms with Crippen LogP contribution in [-0.2, 0) is 14.4 Å². The molecular weight excluding hydrogens is 554 g/mol. The Kier molecular flexibility index (Phi) is 8.35. The molecule has 0 aliphatic carbocycles. The zero-order chi connectivity index (χ0) is 26.5. The normalized spacial score (nSPS) is 13.4. The summed E-state index contributed by atoms with van der Waals surface area (Å²) in [6, 6.07) is 21.3. The number of hydrogen-bond donors (Lipinski definition) is 2. The molecule has 3 amide bonds. The molecule has 4 rings (SSSR count). The summed E-state index contributed by atoms with van der Waals surface area (Å²) >= 11 is 4.59. The second kappa shape index (κ2) is 11.7. The van der Waals surface area contributed by atoms with Crippen molar-refractivity contribution in [3.8, 4) is 5.75 Å². The van der Waals surface area contributed by atoms with Crippen LogP contribution >= 0.6 is 27.7 Å². The van der Waals surface area contributed by atoms with Gasteiger partial charge >= 0.3 is 0 Å². The van der Waals surface area contributed by atoms with Crippen LogP contribution in [0.3, 0.4) is 0 Å². The largest absolute Gasteiger partial charge is 0.497 e. The van der Waals surface area contributed by atoms with E-state index >= 15 is 0 Å². The van der Waals surface area contributed by atoms with Crippen LogP contribution in [0.15, 0.2) is 92.8 Å². The summed E-state index contributed by atoms with van der Waals surface area (Å²) in [5, 5.41) is 6.04. The molecule has 7 nitrogen and oxygen atoms in total. The van der Waals surface area contributed by atoms with Gasteiger partial charge in [0.15, 0.2) is 0 Å². The van der Waals surface area contributed by atoms with Crippen LogP contribution in [0.25, 0.3) is 0 Å². The highest BCUT2D eigenvalue weighted by Gasteiger charge is 2.40. The molecule has 1 aliphatic heterocycles. The van der Waals surface area contributed by atoms with Crippen molar-refractivity contribution < 1.29 is 19.1 Å². The van der Waals surface area contributed by atoms with Crippen molar-refractivity contribution in [3.05, 3.63) is 87.9 Å². The average molecular weight is 581 g/mol. The van der Waals surface area contributed by atoms with E-state index in [0.29, 0.717) is 34.1 Å². The Morgan fingerprint density at radius 3 is 2.32 bits per heavy atom. The molecule has 0 aromatic heterocycles. The van der Waals surface area contributed by atoms with Gasteiger partial charge in [0.2, 0.25) is 5.91 Å². The molecule has 0 bridgehead atoms. The van der Waals surface area contributed by atoms with E-state index in [9.17, 15) is 14.4 Å². The first-order chi connectivity index (χ1) is 17.7. The minimum absolute atomic E-state index is 0.0771. The van der Waals surface area contributed by atoms with Gasteiger partial charge in [-0.3, -0.25) is 14.4 Å². The first kappa shape index (κ1) is 26.5. The number of nitrogens with zero attached hydrogens (tertiary/aromatic N) is 1. The maximum absolute atomic E-state index is 13.6. The second-order valence-electron chi connectivity index (χ2n) is 8.76. The molecule has 2 N–H and O–H groups in total. The maximum Gasteiger partial charge on any atom is 0.283 e. The molecule has 0 saturated heterocycles. The Morgan fingerprint density at radius 1 is 0.973 bits per heavy atom. The number of rotatable bonds is 9. The quantitative estimate of drug-likeness (QED) is 0.284. The molecule has 0 unspecified atom stereocenters. The van der Waals surface area contributed by atoms with Crippen molar-refractivity contribution in [3.63, 3.8) is 0 Å². The van der Waals surface area contributed by atoms with Crippen LogP contribution in [0, 0.1) is 5.92 Å². The number of thioether (sulfide) groups is 1. The van der Waals surface area contributed by atoms with Crippen LogP contribution in [-0.4, -0.2) is 24.8 Å². The lowest BCUT2D eigenvalue weighted by atomic mass is 10.1. The maximum atomic E-state index is 13.6. The fourth-order valence-electron chi connectivity index (χ4n) is 3.70. The van der Waals surface area contributed by atoms with Crippen molar-refractivity contribution in [2.24, 2.45) is 5.92 Å². The van der Waals surface area contributed by atoms with E-state index in [0.717, 1.165) is 9.37 Å². The third-order valence-electron chi connectivity index (χ3n) is 5.42. The molecular formula is C28H26BrN3O4S. The highest BCUT2D eigenvalue weighted by atomic mass is 79.9. The van der Waals surface area contributed by atoms with Gasteiger partial charge in [-0.15, -0.1) is 0 Å². The molecule has 0 spiro atoms. The molecule has 0 atom stereocenters. The highest BCUT2D eigenvalue weighted by molar-refractivity contribution is 9.10. The van der Waals surface area contributed by atoms with Gasteiger partial charge in [-0.25, -0.2) is 4.90 Å². The predicted molar refractivity (Wildman–Crippen MR) is 151 cm³/mol. The Bertz CT molecular complexity index is 1350. The number of carbonyl (C=O) groups excluding carboxylic acids is 3. The van der Waals surface area contributed by atoms with Crippen LogP contribution in [0.5, 0.6) is 5.75 Å². The van der Waals surface area contributed by atoms with Gasteiger partial charge in [-0.1, -0.05) is 47.6 Å². The van der Waals surface area contributed by atoms with E-state index in [1.165, 1.54) is 11.8 Å². The number of benzene rings is 3. The third-order valence-corrected chi connectivity index (χ3v) is 7.02. The highest BCUT2D eigenvalue weighted by Crippen LogP contribution is 2.39. The summed E-state index contributed by atoms with van der Waals surface area (Å²) in [7, 11) is 1.55. The number of methoxy groups -OCH3 is 1. The van der Waals surface area contributed by atoms with Crippen molar-refractivity contribution in [1.82, 2.24) is 0 Å². The van der Waals surface area contributed by atoms with Crippen LogP contribution in [0.2, 0.25) is 0 Å². The van der Waals surface area contributed by atoms with E-state index in [4.69, 9.17) is 4.74 Å². The van der Waals surface area contributed by atoms with Gasteiger partial charge in [0.25, 0.3) is 11.8 Å². The molecule has 9 heteroatoms. The minimum atomic E-state index is -0.457. The molecule has 0 radical (unpaired) electrons. The number of amides is 3. The number of anilines is 3. The Hall–Kier alpha value is -3.56. The van der Waals surface area contributed by atoms with E-state index < -0.39 is 11.8 Å². The molecule has 190 valence electrons. The standard InChI is InChI=1S/C28H26BrN3O4S/c1-17(2)15-24(33)30-20-5-4-6-23(16-20)37-26-25(31-19-9-7-18(29)8-10-19)27(34)32(28(26)35)21-11-13-22(36-3)14-12-21/h4-14,16-17,31H,15H2,1-3H3,(H,30,33). The van der Waals surface area contributed by atoms with Gasteiger partial charge in [-0.05, 0) is 72.6 Å². The fraction of sp³-hybridized carbons (Fsp3) is 0.179. The zero-order valence-corrected chi connectivity index (χ0v) is 23.0. The van der Waals surface area contributed by atoms with E-state index in [-0.39, 0.29) is 22.4 Å². The molecule has 0 fully saturated rings. The summed E-state index contributed by atoms with van der Waals surface area (Å²) in [5.41, 5.74) is 1.92. The SMILES string of the molecule is COc1ccc(N2C(=O)C(Nc3ccc(Br)cc3)=C(Sc3cccc(NC(=O)CC(C)C)c3)C2=O)cc1. The first-order valence-corrected chi connectivity index (χ1v) is 13.2. The molecule has 0 saturated carbocycles. The topological polar surface area (TPSA) is 87.7 Å². The summed E-state index contributed by atoms with van der Waals surface area (Å²) in [4.78, 5) is 41.5. The van der Waals surface area contributed by atoms with Crippen molar-refractivity contribution in [2.75, 3.05) is 22.6 Å². The number of imide groups is 1. The van der Waals surface area contributed by atoms with Crippen LogP contribution in [0.4, 0.5) is 17.1 Å². The van der Waals surface area contributed by atoms with E-state index in [1.54, 1.807) is 49.6 Å². The molecule has 3 aromatic rings. The van der Waals surface area contributed by atoms with Gasteiger partial charge in [-0.2, -0.15) is 0 Å². The Morgan fingerprint density at radius 2 is 1.68 bits per heavy atom. The molecule has 37 heavy (non-hydrogen) atoms. The van der Waals surface area contributed by atoms with Crippen molar-refractivity contribution in [1.29, 1.82) is 0 Å². The molecule has 3 aromatic carbocycles. The number of ether oxygens (including phenoxy) is 1. The first-order valence-electron chi connectivity index (χ1n) is 11.6. The second-order valence-corrected chi connectivity index (χ2v) is 10.8. The van der Waals surface area contributed by atoms with Gasteiger partial charge in [0.05, 0.1) is 12.8 Å². The lowest BCUT2D eigenvalue weighted by molar-refractivity contribution is -0.120. The molecule has 1 heterocycles. The number of carbonyl (C=O) groups is 3. The zero-order valence-electron chi connectivity index (χ0n) is 20.6. The van der Waals surface area contributed by atoms with Gasteiger partial charge < -0.3 is 15.4 Å². The predicted octanol–water partition coefficient (Wildman–Crippen LogP) is 6.43. The monoisotopic (exact) mass is 579 g/mol. The third kappa shape index (κ3) is 6.42. The van der Waals surface area contributed by atoms with Crippen LogP contribution in [0.1, 0.15) is 20.3 Å². The lowest BCUT2D eigenvalue weighted by Crippen LogP contribution is -2.32.